The molecule has 0 spiro atoms. The Morgan fingerprint density at radius 1 is 0.629 bits per heavy atom. The summed E-state index contributed by atoms with van der Waals surface area (Å²) in [6.45, 7) is 8.49. The number of carbonyl (C=O) groups excluding carboxylic acids is 5. The first-order valence-electron chi connectivity index (χ1n) is 22.4. The SMILES string of the molecule is Cc1c(F)cc(C(=O)NC2CC2)cc1-c1ccc(C(=O)NCC(C)(C)CN(C)C)cc1C(=O)Nc1nccs1.Cc1c(F)cc(C(=O)NC2CC2)cc1-c1ccc(C(=O)O)cc1C(=O)Nc1nccs1. The lowest BCUT2D eigenvalue weighted by molar-refractivity contribution is 0.0695. The van der Waals surface area contributed by atoms with Gasteiger partial charge in [0.05, 0.1) is 5.56 Å². The molecule has 2 aliphatic carbocycles. The van der Waals surface area contributed by atoms with Crippen LogP contribution in [-0.4, -0.2) is 94.7 Å². The zero-order valence-corrected chi connectivity index (χ0v) is 40.9. The Morgan fingerprint density at radius 2 is 1.07 bits per heavy atom. The molecule has 8 rings (SSSR count). The van der Waals surface area contributed by atoms with E-state index in [1.165, 1.54) is 65.3 Å². The van der Waals surface area contributed by atoms with Crippen molar-refractivity contribution in [1.82, 2.24) is 30.8 Å². The summed E-state index contributed by atoms with van der Waals surface area (Å²) in [4.78, 5) is 86.3. The van der Waals surface area contributed by atoms with Crippen LogP contribution >= 0.6 is 22.7 Å². The number of hydrogen-bond donors (Lipinski definition) is 6. The Balaban J connectivity index is 0.000000212. The second kappa shape index (κ2) is 21.6. The van der Waals surface area contributed by atoms with Crippen LogP contribution in [0, 0.1) is 30.9 Å². The first-order valence-corrected chi connectivity index (χ1v) is 24.1. The average molecular weight is 991 g/mol. The van der Waals surface area contributed by atoms with Gasteiger partial charge in [0.1, 0.15) is 11.6 Å². The summed E-state index contributed by atoms with van der Waals surface area (Å²) in [5, 5.41) is 27.6. The minimum absolute atomic E-state index is 0.0392. The Bertz CT molecular complexity index is 2970. The molecule has 15 nitrogen and oxygen atoms in total. The smallest absolute Gasteiger partial charge is 0.335 e. The van der Waals surface area contributed by atoms with Gasteiger partial charge in [0.15, 0.2) is 10.3 Å². The maximum absolute atomic E-state index is 15.0. The van der Waals surface area contributed by atoms with Crippen LogP contribution in [0.15, 0.2) is 83.8 Å². The highest BCUT2D eigenvalue weighted by molar-refractivity contribution is 7.14. The van der Waals surface area contributed by atoms with E-state index in [0.717, 1.165) is 38.3 Å². The third kappa shape index (κ3) is 12.9. The molecule has 2 aromatic heterocycles. The zero-order chi connectivity index (χ0) is 50.4. The Kier molecular flexibility index (Phi) is 15.6. The van der Waals surface area contributed by atoms with Crippen molar-refractivity contribution >= 4 is 68.4 Å². The van der Waals surface area contributed by atoms with E-state index in [2.05, 4.69) is 55.3 Å². The lowest BCUT2D eigenvalue weighted by Gasteiger charge is -2.28. The molecule has 2 fully saturated rings. The fourth-order valence-electron chi connectivity index (χ4n) is 7.61. The number of halogens is 2. The Hall–Kier alpha value is -7.22. The first-order chi connectivity index (χ1) is 33.3. The number of thiazole rings is 2. The molecular formula is C51H52F2N8O7S2. The van der Waals surface area contributed by atoms with Crippen LogP contribution < -0.4 is 26.6 Å². The van der Waals surface area contributed by atoms with Crippen molar-refractivity contribution in [1.29, 1.82) is 0 Å². The van der Waals surface area contributed by atoms with E-state index in [4.69, 9.17) is 0 Å². The maximum atomic E-state index is 15.0. The number of carboxylic acids is 1. The number of aromatic nitrogens is 2. The fourth-order valence-corrected chi connectivity index (χ4v) is 8.66. The molecule has 2 heterocycles. The number of carbonyl (C=O) groups is 6. The molecule has 0 saturated heterocycles. The first kappa shape index (κ1) is 50.7. The highest BCUT2D eigenvalue weighted by atomic mass is 32.1. The molecule has 6 aromatic rings. The van der Waals surface area contributed by atoms with Crippen molar-refractivity contribution in [2.24, 2.45) is 5.41 Å². The molecule has 5 amide bonds. The van der Waals surface area contributed by atoms with Crippen molar-refractivity contribution in [3.63, 3.8) is 0 Å². The van der Waals surface area contributed by atoms with Crippen LogP contribution in [0.5, 0.6) is 0 Å². The number of nitrogens with one attached hydrogen (secondary N) is 5. The van der Waals surface area contributed by atoms with Gasteiger partial charge in [0, 0.05) is 76.1 Å². The molecule has 2 saturated carbocycles. The van der Waals surface area contributed by atoms with E-state index < -0.39 is 35.3 Å². The van der Waals surface area contributed by atoms with Gasteiger partial charge in [-0.1, -0.05) is 26.0 Å². The number of rotatable bonds is 16. The summed E-state index contributed by atoms with van der Waals surface area (Å²) in [6, 6.07) is 14.5. The number of anilines is 2. The molecule has 0 bridgehead atoms. The summed E-state index contributed by atoms with van der Waals surface area (Å²) in [5.74, 6) is -4.48. The van der Waals surface area contributed by atoms with E-state index >= 15 is 4.39 Å². The summed E-state index contributed by atoms with van der Waals surface area (Å²) in [5.41, 5.74) is 2.57. The van der Waals surface area contributed by atoms with Crippen molar-refractivity contribution in [3.8, 4) is 22.3 Å². The Morgan fingerprint density at radius 3 is 1.47 bits per heavy atom. The van der Waals surface area contributed by atoms with E-state index in [1.54, 1.807) is 49.0 Å². The highest BCUT2D eigenvalue weighted by Crippen LogP contribution is 2.34. The number of hydrogen-bond acceptors (Lipinski definition) is 11. The zero-order valence-electron chi connectivity index (χ0n) is 39.3. The van der Waals surface area contributed by atoms with Gasteiger partial charge in [-0.05, 0) is 141 Å². The number of benzene rings is 4. The molecule has 2 aliphatic rings. The molecule has 0 aliphatic heterocycles. The molecule has 6 N–H and O–H groups in total. The van der Waals surface area contributed by atoms with Crippen LogP contribution in [0.1, 0.15) is 113 Å². The molecule has 19 heteroatoms. The minimum Gasteiger partial charge on any atom is -0.478 e. The van der Waals surface area contributed by atoms with E-state index in [1.807, 2.05) is 14.1 Å². The third-order valence-electron chi connectivity index (χ3n) is 11.4. The van der Waals surface area contributed by atoms with Gasteiger partial charge in [-0.15, -0.1) is 22.7 Å². The molecule has 0 atom stereocenters. The average Bonchev–Trinajstić information content (AvgIpc) is 4.20. The predicted molar refractivity (Wildman–Crippen MR) is 266 cm³/mol. The van der Waals surface area contributed by atoms with Crippen LogP contribution in [0.25, 0.3) is 22.3 Å². The number of carboxylic acid groups (broad SMARTS) is 1. The highest BCUT2D eigenvalue weighted by Gasteiger charge is 2.28. The number of nitrogens with zero attached hydrogens (tertiary/aromatic N) is 3. The summed E-state index contributed by atoms with van der Waals surface area (Å²) in [6.07, 6.45) is 6.70. The molecule has 70 heavy (non-hydrogen) atoms. The molecule has 0 unspecified atom stereocenters. The van der Waals surface area contributed by atoms with Crippen LogP contribution in [0.2, 0.25) is 0 Å². The minimum atomic E-state index is -1.20. The van der Waals surface area contributed by atoms with E-state index in [9.17, 15) is 38.3 Å². The topological polar surface area (TPSA) is 212 Å². The van der Waals surface area contributed by atoms with Crippen LogP contribution in [0.3, 0.4) is 0 Å². The quantitative estimate of drug-likeness (QED) is 0.0542. The van der Waals surface area contributed by atoms with Gasteiger partial charge in [0.2, 0.25) is 0 Å². The molecule has 364 valence electrons. The van der Waals surface area contributed by atoms with Crippen LogP contribution in [0.4, 0.5) is 19.0 Å². The van der Waals surface area contributed by atoms with Gasteiger partial charge in [-0.2, -0.15) is 0 Å². The second-order valence-corrected chi connectivity index (χ2v) is 20.0. The standard InChI is InChI=1S/C29H34FN5O3S.C22H18FN3O4S/c1-17-22(13-19(14-24(17)30)26(37)33-20-7-8-20)21-9-6-18(25(36)32-15-29(2,3)16-35(4)5)12-23(21)27(38)34-28-31-10-11-39-28;1-11-16(9-13(10-18(11)23)19(27)25-14-3-4-14)15-5-2-12(21(29)30)8-17(15)20(28)26-22-24-6-7-31-22/h6,9-14,20H,7-8,15-16H2,1-5H3,(H,32,36)(H,33,37)(H,31,34,38);2,5-10,14H,3-4H2,1H3,(H,25,27)(H,29,30)(H,24,26,28). The van der Waals surface area contributed by atoms with Gasteiger partial charge < -0.3 is 26.0 Å². The third-order valence-corrected chi connectivity index (χ3v) is 12.8. The fraction of sp³-hybridized carbons (Fsp3) is 0.294. The lowest BCUT2D eigenvalue weighted by atomic mass is 9.91. The van der Waals surface area contributed by atoms with Crippen molar-refractivity contribution in [2.45, 2.75) is 65.5 Å². The normalized spacial score (nSPS) is 13.2. The number of aromatic carboxylic acids is 1. The van der Waals surface area contributed by atoms with Crippen LogP contribution in [-0.2, 0) is 0 Å². The van der Waals surface area contributed by atoms with Gasteiger partial charge >= 0.3 is 5.97 Å². The summed E-state index contributed by atoms with van der Waals surface area (Å²) < 4.78 is 29.7. The summed E-state index contributed by atoms with van der Waals surface area (Å²) in [7, 11) is 3.95. The predicted octanol–water partition coefficient (Wildman–Crippen LogP) is 8.82. The van der Waals surface area contributed by atoms with Crippen molar-refractivity contribution in [3.05, 3.63) is 140 Å². The monoisotopic (exact) mass is 990 g/mol. The molecular weight excluding hydrogens is 939 g/mol. The summed E-state index contributed by atoms with van der Waals surface area (Å²) >= 11 is 2.47. The van der Waals surface area contributed by atoms with Gasteiger partial charge in [0.25, 0.3) is 29.5 Å². The number of amides is 5. The van der Waals surface area contributed by atoms with Gasteiger partial charge in [-0.3, -0.25) is 34.6 Å². The van der Waals surface area contributed by atoms with Crippen molar-refractivity contribution in [2.75, 3.05) is 37.8 Å². The molecule has 4 aromatic carbocycles. The second-order valence-electron chi connectivity index (χ2n) is 18.3. The Labute approximate surface area is 411 Å². The molecule has 0 radical (unpaired) electrons. The van der Waals surface area contributed by atoms with E-state index in [-0.39, 0.29) is 62.7 Å². The maximum Gasteiger partial charge on any atom is 0.335 e. The lowest BCUT2D eigenvalue weighted by Crippen LogP contribution is -2.40. The van der Waals surface area contributed by atoms with Gasteiger partial charge in [-0.25, -0.2) is 23.5 Å². The largest absolute Gasteiger partial charge is 0.478 e. The van der Waals surface area contributed by atoms with E-state index in [0.29, 0.717) is 50.2 Å². The van der Waals surface area contributed by atoms with Crippen molar-refractivity contribution < 1.29 is 42.7 Å².